The second-order valence-electron chi connectivity index (χ2n) is 9.65. The summed E-state index contributed by atoms with van der Waals surface area (Å²) in [5.41, 5.74) is 2.01. The topological polar surface area (TPSA) is 111 Å². The van der Waals surface area contributed by atoms with E-state index in [9.17, 15) is 15.0 Å². The Balaban J connectivity index is 1.20. The van der Waals surface area contributed by atoms with E-state index >= 15 is 0 Å². The van der Waals surface area contributed by atoms with Crippen molar-refractivity contribution in [2.45, 2.75) is 57.2 Å². The quantitative estimate of drug-likeness (QED) is 0.495. The van der Waals surface area contributed by atoms with Crippen LogP contribution in [0, 0.1) is 12.8 Å². The number of aliphatic hydroxyl groups is 2. The van der Waals surface area contributed by atoms with Crippen molar-refractivity contribution in [3.63, 3.8) is 0 Å². The lowest BCUT2D eigenvalue weighted by Crippen LogP contribution is -2.50. The van der Waals surface area contributed by atoms with Crippen LogP contribution in [0.25, 0.3) is 10.6 Å². The van der Waals surface area contributed by atoms with Gasteiger partial charge in [0, 0.05) is 43.7 Å². The average Bonchev–Trinajstić information content (AvgIpc) is 3.34. The van der Waals surface area contributed by atoms with Crippen LogP contribution in [-0.4, -0.2) is 61.3 Å². The summed E-state index contributed by atoms with van der Waals surface area (Å²) in [6.07, 6.45) is 6.19. The number of aromatic nitrogens is 3. The number of carbonyl (C=O) groups excluding carboxylic acids is 1. The summed E-state index contributed by atoms with van der Waals surface area (Å²) in [6.45, 7) is 2.68. The van der Waals surface area contributed by atoms with Crippen LogP contribution in [-0.2, 0) is 4.79 Å². The first-order valence-corrected chi connectivity index (χ1v) is 13.0. The number of anilines is 2. The van der Waals surface area contributed by atoms with Crippen molar-refractivity contribution in [2.75, 3.05) is 18.4 Å². The zero-order valence-corrected chi connectivity index (χ0v) is 20.6. The fourth-order valence-corrected chi connectivity index (χ4v) is 6.10. The minimum absolute atomic E-state index is 0.0390. The third kappa shape index (κ3) is 5.69. The molecular formula is C26H31N5O3S. The zero-order chi connectivity index (χ0) is 24.4. The van der Waals surface area contributed by atoms with E-state index in [0.717, 1.165) is 58.5 Å². The second kappa shape index (κ2) is 10.4. The van der Waals surface area contributed by atoms with Crippen LogP contribution in [0.3, 0.4) is 0 Å². The number of carbonyl (C=O) groups is 1. The average molecular weight is 494 g/mol. The molecule has 0 spiro atoms. The highest BCUT2D eigenvalue weighted by atomic mass is 32.1. The van der Waals surface area contributed by atoms with Gasteiger partial charge in [-0.15, -0.1) is 11.3 Å². The fraction of sp³-hybridized carbons (Fsp3) is 0.462. The number of piperidine rings is 1. The molecule has 2 atom stereocenters. The number of β-amino-alcohol motifs (C(OH)–C–C–N with tert-alkyl or cyclic N) is 2. The van der Waals surface area contributed by atoms with Gasteiger partial charge in [0.1, 0.15) is 11.6 Å². The molecule has 0 radical (unpaired) electrons. The Bertz CT molecular complexity index is 1170. The predicted molar refractivity (Wildman–Crippen MR) is 136 cm³/mol. The molecule has 1 aliphatic carbocycles. The van der Waals surface area contributed by atoms with Gasteiger partial charge < -0.3 is 20.4 Å². The molecule has 0 aromatic carbocycles. The highest BCUT2D eigenvalue weighted by molar-refractivity contribution is 7.15. The SMILES string of the molecule is Cc1ccnc(Nc2cccc(-c3cnc([C@H]4CC[C@H](C(=O)N5C[C@H](O)C[C@@H](O)C5)CC4)s3)n2)c1. The normalized spacial score (nSPS) is 24.8. The third-order valence-electron chi connectivity index (χ3n) is 6.84. The number of nitrogens with one attached hydrogen (secondary N) is 1. The minimum atomic E-state index is -0.636. The number of aryl methyl sites for hydroxylation is 1. The molecule has 2 fully saturated rings. The number of nitrogens with zero attached hydrogens (tertiary/aromatic N) is 4. The summed E-state index contributed by atoms with van der Waals surface area (Å²) >= 11 is 1.67. The highest BCUT2D eigenvalue weighted by Gasteiger charge is 2.34. The number of pyridine rings is 2. The molecule has 1 saturated carbocycles. The van der Waals surface area contributed by atoms with Gasteiger partial charge in [-0.1, -0.05) is 6.07 Å². The van der Waals surface area contributed by atoms with Crippen LogP contribution in [0.4, 0.5) is 11.6 Å². The van der Waals surface area contributed by atoms with Crippen molar-refractivity contribution in [2.24, 2.45) is 5.92 Å². The maximum absolute atomic E-state index is 12.9. The molecule has 8 nitrogen and oxygen atoms in total. The third-order valence-corrected chi connectivity index (χ3v) is 8.02. The van der Waals surface area contributed by atoms with Crippen molar-refractivity contribution < 1.29 is 15.0 Å². The van der Waals surface area contributed by atoms with Crippen molar-refractivity contribution in [1.29, 1.82) is 0 Å². The number of hydrogen-bond donors (Lipinski definition) is 3. The molecule has 2 aliphatic rings. The van der Waals surface area contributed by atoms with E-state index in [1.54, 1.807) is 22.4 Å². The molecule has 1 saturated heterocycles. The van der Waals surface area contributed by atoms with E-state index in [2.05, 4.69) is 10.3 Å². The van der Waals surface area contributed by atoms with Crippen molar-refractivity contribution in [3.05, 3.63) is 53.3 Å². The van der Waals surface area contributed by atoms with Gasteiger partial charge >= 0.3 is 0 Å². The second-order valence-corrected chi connectivity index (χ2v) is 10.7. The van der Waals surface area contributed by atoms with Gasteiger partial charge in [-0.05, 0) is 62.4 Å². The van der Waals surface area contributed by atoms with Gasteiger partial charge in [-0.2, -0.15) is 0 Å². The van der Waals surface area contributed by atoms with Crippen LogP contribution in [0.1, 0.15) is 48.6 Å². The largest absolute Gasteiger partial charge is 0.391 e. The Hall–Kier alpha value is -2.88. The lowest BCUT2D eigenvalue weighted by molar-refractivity contribution is -0.143. The predicted octanol–water partition coefficient (Wildman–Crippen LogP) is 3.88. The number of hydrogen-bond acceptors (Lipinski definition) is 8. The Morgan fingerprint density at radius 3 is 2.57 bits per heavy atom. The summed E-state index contributed by atoms with van der Waals surface area (Å²) in [7, 11) is 0. The molecule has 4 heterocycles. The smallest absolute Gasteiger partial charge is 0.225 e. The van der Waals surface area contributed by atoms with E-state index in [4.69, 9.17) is 9.97 Å². The van der Waals surface area contributed by atoms with Crippen LogP contribution in [0.15, 0.2) is 42.7 Å². The Morgan fingerprint density at radius 2 is 1.83 bits per heavy atom. The van der Waals surface area contributed by atoms with Gasteiger partial charge in [0.05, 0.1) is 27.8 Å². The van der Waals surface area contributed by atoms with Crippen molar-refractivity contribution in [1.82, 2.24) is 19.9 Å². The van der Waals surface area contributed by atoms with Gasteiger partial charge in [0.15, 0.2) is 0 Å². The molecular weight excluding hydrogens is 462 g/mol. The molecule has 3 N–H and O–H groups in total. The highest BCUT2D eigenvalue weighted by Crippen LogP contribution is 2.40. The first-order chi connectivity index (χ1) is 16.9. The maximum Gasteiger partial charge on any atom is 0.225 e. The summed E-state index contributed by atoms with van der Waals surface area (Å²) in [4.78, 5) is 29.4. The van der Waals surface area contributed by atoms with Crippen LogP contribution in [0.5, 0.6) is 0 Å². The number of rotatable bonds is 5. The molecule has 184 valence electrons. The Morgan fingerprint density at radius 1 is 1.06 bits per heavy atom. The zero-order valence-electron chi connectivity index (χ0n) is 19.8. The molecule has 9 heteroatoms. The van der Waals surface area contributed by atoms with Crippen LogP contribution in [0.2, 0.25) is 0 Å². The fourth-order valence-electron chi connectivity index (χ4n) is 5.04. The molecule has 1 amide bonds. The molecule has 3 aromatic heterocycles. The maximum atomic E-state index is 12.9. The summed E-state index contributed by atoms with van der Waals surface area (Å²) in [5.74, 6) is 1.87. The summed E-state index contributed by atoms with van der Waals surface area (Å²) in [5, 5.41) is 24.2. The summed E-state index contributed by atoms with van der Waals surface area (Å²) < 4.78 is 0. The van der Waals surface area contributed by atoms with Crippen molar-refractivity contribution >= 4 is 28.9 Å². The number of amides is 1. The number of likely N-dealkylation sites (tertiary alicyclic amines) is 1. The number of thiazole rings is 1. The molecule has 35 heavy (non-hydrogen) atoms. The van der Waals surface area contributed by atoms with E-state index in [-0.39, 0.29) is 11.8 Å². The first kappa shape index (κ1) is 23.8. The monoisotopic (exact) mass is 493 g/mol. The van der Waals surface area contributed by atoms with Crippen LogP contribution >= 0.6 is 11.3 Å². The Kier molecular flexibility index (Phi) is 7.08. The first-order valence-electron chi connectivity index (χ1n) is 12.2. The molecule has 0 bridgehead atoms. The molecule has 3 aromatic rings. The lowest BCUT2D eigenvalue weighted by Gasteiger charge is -2.37. The van der Waals surface area contributed by atoms with Gasteiger partial charge in [-0.3, -0.25) is 4.79 Å². The minimum Gasteiger partial charge on any atom is -0.391 e. The molecule has 1 aliphatic heterocycles. The van der Waals surface area contributed by atoms with E-state index in [1.165, 1.54) is 0 Å². The van der Waals surface area contributed by atoms with E-state index in [1.807, 2.05) is 43.5 Å². The van der Waals surface area contributed by atoms with Crippen LogP contribution < -0.4 is 5.32 Å². The van der Waals surface area contributed by atoms with Gasteiger partial charge in [0.2, 0.25) is 5.91 Å². The van der Waals surface area contributed by atoms with Gasteiger partial charge in [0.25, 0.3) is 0 Å². The summed E-state index contributed by atoms with van der Waals surface area (Å²) in [6, 6.07) is 9.83. The van der Waals surface area contributed by atoms with E-state index < -0.39 is 12.2 Å². The standard InChI is InChI=1S/C26H31N5O3S/c1-16-9-10-27-24(11-16)30-23-4-2-3-21(29-23)22-13-28-25(35-22)17-5-7-18(8-6-17)26(34)31-14-19(32)12-20(33)15-31/h2-4,9-11,13,17-20,32-33H,5-8,12,14-15H2,1H3,(H,27,29,30)/t17-,18-,19-,20-/m1/s1. The molecule has 0 unspecified atom stereocenters. The van der Waals surface area contributed by atoms with Gasteiger partial charge in [-0.25, -0.2) is 15.0 Å². The van der Waals surface area contributed by atoms with E-state index in [0.29, 0.717) is 25.4 Å². The Labute approximate surface area is 209 Å². The molecule has 5 rings (SSSR count). The lowest BCUT2D eigenvalue weighted by atomic mass is 9.81. The number of aliphatic hydroxyl groups excluding tert-OH is 2. The van der Waals surface area contributed by atoms with Crippen molar-refractivity contribution in [3.8, 4) is 10.6 Å².